The van der Waals surface area contributed by atoms with E-state index in [1.165, 1.54) is 11.1 Å². The summed E-state index contributed by atoms with van der Waals surface area (Å²) in [4.78, 5) is 6.54. The first kappa shape index (κ1) is 12.3. The van der Waals surface area contributed by atoms with Crippen molar-refractivity contribution < 1.29 is 4.74 Å². The third kappa shape index (κ3) is 2.03. The second-order valence-corrected chi connectivity index (χ2v) is 5.39. The maximum absolute atomic E-state index is 6.10. The molecular formula is C17H17N3O. The fourth-order valence-corrected chi connectivity index (χ4v) is 3.07. The zero-order chi connectivity index (χ0) is 14.2. The molecule has 0 bridgehead atoms. The van der Waals surface area contributed by atoms with E-state index in [-0.39, 0.29) is 6.04 Å². The van der Waals surface area contributed by atoms with E-state index >= 15 is 0 Å². The van der Waals surface area contributed by atoms with Gasteiger partial charge in [-0.2, -0.15) is 0 Å². The summed E-state index contributed by atoms with van der Waals surface area (Å²) in [5.41, 5.74) is 9.71. The van der Waals surface area contributed by atoms with Gasteiger partial charge in [0.2, 0.25) is 0 Å². The van der Waals surface area contributed by atoms with Crippen molar-refractivity contribution in [3.8, 4) is 5.75 Å². The number of para-hydroxylation sites is 1. The Bertz CT molecular complexity index is 696. The molecule has 0 aromatic heterocycles. The van der Waals surface area contributed by atoms with Crippen molar-refractivity contribution in [1.82, 2.24) is 0 Å². The molecule has 2 heterocycles. The monoisotopic (exact) mass is 279 g/mol. The van der Waals surface area contributed by atoms with Gasteiger partial charge in [-0.15, -0.1) is 0 Å². The molecule has 2 N–H and O–H groups in total. The molecule has 0 aliphatic carbocycles. The molecule has 0 saturated carbocycles. The molecule has 2 aromatic rings. The summed E-state index contributed by atoms with van der Waals surface area (Å²) in [7, 11) is 0. The van der Waals surface area contributed by atoms with Crippen molar-refractivity contribution in [2.45, 2.75) is 12.5 Å². The Balaban J connectivity index is 1.71. The minimum absolute atomic E-state index is 0.165. The number of aliphatic imine (C=N–C) groups is 1. The fraction of sp³-hybridized carbons (Fsp3) is 0.235. The van der Waals surface area contributed by atoms with Crippen LogP contribution in [0.5, 0.6) is 5.75 Å². The Hall–Kier alpha value is -2.49. The fourth-order valence-electron chi connectivity index (χ4n) is 3.07. The molecule has 4 heteroatoms. The summed E-state index contributed by atoms with van der Waals surface area (Å²) < 4.78 is 5.58. The molecule has 0 spiro atoms. The number of ether oxygens (including phenoxy) is 1. The van der Waals surface area contributed by atoms with Gasteiger partial charge in [0.15, 0.2) is 5.96 Å². The lowest BCUT2D eigenvalue weighted by Gasteiger charge is -2.27. The van der Waals surface area contributed by atoms with Gasteiger partial charge in [-0.25, -0.2) is 0 Å². The standard InChI is InChI=1S/C17H17N3O/c18-17-19-11-15(20(17)14-4-2-1-3-5-14)12-6-7-16-13(10-12)8-9-21-16/h1-7,10,15H,8-9,11H2,(H2,18,19). The van der Waals surface area contributed by atoms with E-state index in [4.69, 9.17) is 10.5 Å². The predicted molar refractivity (Wildman–Crippen MR) is 83.8 cm³/mol. The van der Waals surface area contributed by atoms with Crippen molar-refractivity contribution in [2.24, 2.45) is 10.7 Å². The van der Waals surface area contributed by atoms with Crippen LogP contribution in [0, 0.1) is 0 Å². The second kappa shape index (κ2) is 4.81. The molecule has 2 aliphatic rings. The number of anilines is 1. The second-order valence-electron chi connectivity index (χ2n) is 5.39. The summed E-state index contributed by atoms with van der Waals surface area (Å²) >= 11 is 0. The summed E-state index contributed by atoms with van der Waals surface area (Å²) in [6, 6.07) is 16.8. The maximum atomic E-state index is 6.10. The number of fused-ring (bicyclic) bond motifs is 1. The largest absolute Gasteiger partial charge is 0.493 e. The number of nitrogens with two attached hydrogens (primary N) is 1. The highest BCUT2D eigenvalue weighted by Gasteiger charge is 2.29. The molecule has 106 valence electrons. The van der Waals surface area contributed by atoms with Gasteiger partial charge in [-0.3, -0.25) is 4.99 Å². The quantitative estimate of drug-likeness (QED) is 0.919. The van der Waals surface area contributed by atoms with Crippen LogP contribution in [-0.2, 0) is 6.42 Å². The lowest BCUT2D eigenvalue weighted by Crippen LogP contribution is -2.36. The van der Waals surface area contributed by atoms with Crippen LogP contribution >= 0.6 is 0 Å². The van der Waals surface area contributed by atoms with Gasteiger partial charge in [-0.1, -0.05) is 24.3 Å². The predicted octanol–water partition coefficient (Wildman–Crippen LogP) is 2.50. The Kier molecular flexibility index (Phi) is 2.81. The summed E-state index contributed by atoms with van der Waals surface area (Å²) in [6.45, 7) is 1.48. The third-order valence-electron chi connectivity index (χ3n) is 4.12. The van der Waals surface area contributed by atoms with E-state index in [0.29, 0.717) is 12.5 Å². The number of nitrogens with zero attached hydrogens (tertiary/aromatic N) is 2. The first-order valence-electron chi connectivity index (χ1n) is 7.23. The molecule has 2 aliphatic heterocycles. The van der Waals surface area contributed by atoms with Crippen LogP contribution in [-0.4, -0.2) is 19.1 Å². The van der Waals surface area contributed by atoms with Crippen LogP contribution in [0.3, 0.4) is 0 Å². The van der Waals surface area contributed by atoms with Crippen LogP contribution in [0.15, 0.2) is 53.5 Å². The van der Waals surface area contributed by atoms with Crippen molar-refractivity contribution in [1.29, 1.82) is 0 Å². The van der Waals surface area contributed by atoms with Crippen LogP contribution in [0.4, 0.5) is 5.69 Å². The molecule has 1 unspecified atom stereocenters. The average molecular weight is 279 g/mol. The van der Waals surface area contributed by atoms with E-state index < -0.39 is 0 Å². The first-order chi connectivity index (χ1) is 10.3. The minimum Gasteiger partial charge on any atom is -0.493 e. The number of benzene rings is 2. The Labute approximate surface area is 123 Å². The molecule has 0 saturated heterocycles. The zero-order valence-corrected chi connectivity index (χ0v) is 11.7. The van der Waals surface area contributed by atoms with Crippen LogP contribution in [0.1, 0.15) is 17.2 Å². The van der Waals surface area contributed by atoms with Gasteiger partial charge in [0, 0.05) is 12.1 Å². The average Bonchev–Trinajstić information content (AvgIpc) is 3.13. The van der Waals surface area contributed by atoms with Gasteiger partial charge < -0.3 is 15.4 Å². The third-order valence-corrected chi connectivity index (χ3v) is 4.12. The Morgan fingerprint density at radius 2 is 2.00 bits per heavy atom. The lowest BCUT2D eigenvalue weighted by molar-refractivity contribution is 0.357. The molecule has 2 aromatic carbocycles. The van der Waals surface area contributed by atoms with Crippen molar-refractivity contribution >= 4 is 11.6 Å². The number of guanidine groups is 1. The Morgan fingerprint density at radius 1 is 1.14 bits per heavy atom. The number of rotatable bonds is 2. The topological polar surface area (TPSA) is 50.9 Å². The molecule has 0 radical (unpaired) electrons. The van der Waals surface area contributed by atoms with E-state index in [2.05, 4.69) is 40.2 Å². The Morgan fingerprint density at radius 3 is 2.86 bits per heavy atom. The lowest BCUT2D eigenvalue weighted by atomic mass is 10.0. The van der Waals surface area contributed by atoms with Crippen LogP contribution in [0.25, 0.3) is 0 Å². The normalized spacial score (nSPS) is 20.1. The van der Waals surface area contributed by atoms with Crippen molar-refractivity contribution in [2.75, 3.05) is 18.1 Å². The van der Waals surface area contributed by atoms with Crippen LogP contribution in [0.2, 0.25) is 0 Å². The smallest absolute Gasteiger partial charge is 0.196 e. The summed E-state index contributed by atoms with van der Waals surface area (Å²) in [6.07, 6.45) is 0.984. The molecule has 0 amide bonds. The van der Waals surface area contributed by atoms with Gasteiger partial charge in [0.05, 0.1) is 19.2 Å². The molecule has 4 nitrogen and oxygen atoms in total. The number of hydrogen-bond donors (Lipinski definition) is 1. The maximum Gasteiger partial charge on any atom is 0.196 e. The van der Waals surface area contributed by atoms with E-state index in [1.54, 1.807) is 0 Å². The first-order valence-corrected chi connectivity index (χ1v) is 7.23. The van der Waals surface area contributed by atoms with Crippen molar-refractivity contribution in [3.63, 3.8) is 0 Å². The van der Waals surface area contributed by atoms with Gasteiger partial charge in [-0.05, 0) is 35.4 Å². The van der Waals surface area contributed by atoms with Crippen LogP contribution < -0.4 is 15.4 Å². The van der Waals surface area contributed by atoms with Gasteiger partial charge in [0.25, 0.3) is 0 Å². The molecular weight excluding hydrogens is 262 g/mol. The highest BCUT2D eigenvalue weighted by molar-refractivity contribution is 5.97. The zero-order valence-electron chi connectivity index (χ0n) is 11.7. The number of hydrogen-bond acceptors (Lipinski definition) is 4. The van der Waals surface area contributed by atoms with E-state index in [1.807, 2.05) is 18.2 Å². The SMILES string of the molecule is NC1=NCC(c2ccc3c(c2)CCO3)N1c1ccccc1. The molecule has 21 heavy (non-hydrogen) atoms. The molecule has 4 rings (SSSR count). The minimum atomic E-state index is 0.165. The molecule has 1 atom stereocenters. The van der Waals surface area contributed by atoms with Gasteiger partial charge >= 0.3 is 0 Å². The highest BCUT2D eigenvalue weighted by atomic mass is 16.5. The van der Waals surface area contributed by atoms with Crippen molar-refractivity contribution in [3.05, 3.63) is 59.7 Å². The van der Waals surface area contributed by atoms with E-state index in [0.717, 1.165) is 24.5 Å². The summed E-state index contributed by atoms with van der Waals surface area (Å²) in [5, 5.41) is 0. The summed E-state index contributed by atoms with van der Waals surface area (Å²) in [5.74, 6) is 1.60. The highest BCUT2D eigenvalue weighted by Crippen LogP contribution is 2.34. The van der Waals surface area contributed by atoms with Gasteiger partial charge in [0.1, 0.15) is 5.75 Å². The molecule has 0 fully saturated rings. The van der Waals surface area contributed by atoms with E-state index in [9.17, 15) is 0 Å².